The minimum Gasteiger partial charge on any atom is -0.339 e. The molecule has 3 aromatic rings. The minimum absolute atomic E-state index is 0.0493. The first kappa shape index (κ1) is 20.4. The molecular weight excluding hydrogens is 405 g/mol. The van der Waals surface area contributed by atoms with Crippen LogP contribution in [0.1, 0.15) is 27.4 Å². The number of hydrogen-bond acceptors (Lipinski definition) is 4. The lowest BCUT2D eigenvalue weighted by molar-refractivity contribution is 0.0918. The lowest BCUT2D eigenvalue weighted by Gasteiger charge is -2.18. The van der Waals surface area contributed by atoms with Crippen molar-refractivity contribution in [2.24, 2.45) is 13.0 Å². The molecule has 0 bridgehead atoms. The van der Waals surface area contributed by atoms with E-state index in [9.17, 15) is 17.6 Å². The van der Waals surface area contributed by atoms with Crippen LogP contribution in [-0.4, -0.2) is 41.1 Å². The molecule has 2 atom stereocenters. The highest BCUT2D eigenvalue weighted by Gasteiger charge is 2.44. The summed E-state index contributed by atoms with van der Waals surface area (Å²) in [5.74, 6) is -1.45. The molecule has 4 rings (SSSR count). The van der Waals surface area contributed by atoms with E-state index in [-0.39, 0.29) is 35.6 Å². The van der Waals surface area contributed by atoms with E-state index in [2.05, 4.69) is 4.98 Å². The van der Waals surface area contributed by atoms with E-state index in [4.69, 9.17) is 0 Å². The van der Waals surface area contributed by atoms with E-state index in [1.807, 2.05) is 19.1 Å². The number of aryl methyl sites for hydroxylation is 2. The van der Waals surface area contributed by atoms with Crippen LogP contribution in [0, 0.1) is 18.7 Å². The summed E-state index contributed by atoms with van der Waals surface area (Å²) in [6, 6.07) is 13.2. The van der Waals surface area contributed by atoms with Crippen LogP contribution >= 0.6 is 0 Å². The predicted molar refractivity (Wildman–Crippen MR) is 110 cm³/mol. The standard InChI is InChI=1S/C22H22FN3O3S/c1-15-4-3-5-17(10-15)22(27)20-12-26(30(28,29)21-13-25(2)14-24-21)11-19(20)16-6-8-18(23)9-7-16/h3-10,13-14,19-20H,11-12H2,1-2H3. The zero-order valence-corrected chi connectivity index (χ0v) is 17.5. The molecular formula is C22H22FN3O3S. The average Bonchev–Trinajstić information content (AvgIpc) is 3.35. The number of imidazole rings is 1. The maximum absolute atomic E-state index is 13.4. The Bertz CT molecular complexity index is 1190. The molecule has 1 aliphatic heterocycles. The second-order valence-electron chi connectivity index (χ2n) is 7.70. The van der Waals surface area contributed by atoms with Gasteiger partial charge in [0.15, 0.2) is 10.8 Å². The molecule has 1 fully saturated rings. The largest absolute Gasteiger partial charge is 0.339 e. The molecule has 0 radical (unpaired) electrons. The van der Waals surface area contributed by atoms with Crippen LogP contribution in [0.2, 0.25) is 0 Å². The lowest BCUT2D eigenvalue weighted by atomic mass is 9.83. The second kappa shape index (κ2) is 7.77. The van der Waals surface area contributed by atoms with E-state index >= 15 is 0 Å². The van der Waals surface area contributed by atoms with Crippen molar-refractivity contribution >= 4 is 15.8 Å². The van der Waals surface area contributed by atoms with Gasteiger partial charge in [-0.2, -0.15) is 4.31 Å². The SMILES string of the molecule is Cc1cccc(C(=O)C2CN(S(=O)(=O)c3cn(C)cn3)CC2c2ccc(F)cc2)c1. The minimum atomic E-state index is -3.85. The van der Waals surface area contributed by atoms with Crippen LogP contribution in [0.4, 0.5) is 4.39 Å². The Labute approximate surface area is 175 Å². The third-order valence-electron chi connectivity index (χ3n) is 5.51. The van der Waals surface area contributed by atoms with Gasteiger partial charge >= 0.3 is 0 Å². The summed E-state index contributed by atoms with van der Waals surface area (Å²) in [5, 5.41) is -0.0495. The number of benzene rings is 2. The molecule has 156 valence electrons. The fourth-order valence-corrected chi connectivity index (χ4v) is 5.40. The summed E-state index contributed by atoms with van der Waals surface area (Å²) in [7, 11) is -2.15. The molecule has 6 nitrogen and oxygen atoms in total. The molecule has 2 unspecified atom stereocenters. The van der Waals surface area contributed by atoms with E-state index < -0.39 is 15.9 Å². The van der Waals surface area contributed by atoms with Gasteiger partial charge in [0.05, 0.1) is 6.33 Å². The van der Waals surface area contributed by atoms with Crippen molar-refractivity contribution in [2.45, 2.75) is 17.9 Å². The molecule has 0 aliphatic carbocycles. The van der Waals surface area contributed by atoms with Crippen molar-refractivity contribution < 1.29 is 17.6 Å². The Balaban J connectivity index is 1.72. The van der Waals surface area contributed by atoms with Crippen LogP contribution in [0.5, 0.6) is 0 Å². The van der Waals surface area contributed by atoms with Crippen molar-refractivity contribution in [1.82, 2.24) is 13.9 Å². The van der Waals surface area contributed by atoms with E-state index in [0.29, 0.717) is 5.56 Å². The summed E-state index contributed by atoms with van der Waals surface area (Å²) in [4.78, 5) is 17.3. The molecule has 8 heteroatoms. The summed E-state index contributed by atoms with van der Waals surface area (Å²) >= 11 is 0. The van der Waals surface area contributed by atoms with E-state index in [0.717, 1.165) is 11.1 Å². The summed E-state index contributed by atoms with van der Waals surface area (Å²) < 4.78 is 42.5. The highest BCUT2D eigenvalue weighted by atomic mass is 32.2. The van der Waals surface area contributed by atoms with Crippen molar-refractivity contribution in [1.29, 1.82) is 0 Å². The quantitative estimate of drug-likeness (QED) is 0.587. The first-order valence-corrected chi connectivity index (χ1v) is 11.0. The first-order valence-electron chi connectivity index (χ1n) is 9.60. The Morgan fingerprint density at radius 3 is 2.50 bits per heavy atom. The third kappa shape index (κ3) is 3.80. The van der Waals surface area contributed by atoms with Gasteiger partial charge in [-0.05, 0) is 30.7 Å². The fraction of sp³-hybridized carbons (Fsp3) is 0.273. The molecule has 30 heavy (non-hydrogen) atoms. The average molecular weight is 428 g/mol. The maximum Gasteiger partial charge on any atom is 0.262 e. The van der Waals surface area contributed by atoms with Crippen molar-refractivity contribution in [2.75, 3.05) is 13.1 Å². The molecule has 0 saturated carbocycles. The summed E-state index contributed by atoms with van der Waals surface area (Å²) in [6.45, 7) is 2.08. The Morgan fingerprint density at radius 1 is 1.13 bits per heavy atom. The van der Waals surface area contributed by atoms with Gasteiger partial charge in [-0.15, -0.1) is 0 Å². The number of ketones is 1. The normalized spacial score (nSPS) is 19.8. The monoisotopic (exact) mass is 427 g/mol. The summed E-state index contributed by atoms with van der Waals surface area (Å²) in [5.41, 5.74) is 2.24. The molecule has 0 spiro atoms. The molecule has 0 N–H and O–H groups in total. The number of Topliss-reactive ketones (excluding diaryl/α,β-unsaturated/α-hetero) is 1. The van der Waals surface area contributed by atoms with Gasteiger partial charge in [-0.3, -0.25) is 4.79 Å². The molecule has 0 amide bonds. The molecule has 1 aliphatic rings. The predicted octanol–water partition coefficient (Wildman–Crippen LogP) is 3.15. The maximum atomic E-state index is 13.4. The molecule has 1 saturated heterocycles. The van der Waals surface area contributed by atoms with Crippen LogP contribution in [-0.2, 0) is 17.1 Å². The van der Waals surface area contributed by atoms with E-state index in [1.54, 1.807) is 35.9 Å². The molecule has 1 aromatic heterocycles. The van der Waals surface area contributed by atoms with Gasteiger partial charge in [-0.1, -0.05) is 35.9 Å². The van der Waals surface area contributed by atoms with Crippen molar-refractivity contribution in [3.05, 3.63) is 83.6 Å². The van der Waals surface area contributed by atoms with Crippen LogP contribution in [0.15, 0.2) is 66.1 Å². The van der Waals surface area contributed by atoms with E-state index in [1.165, 1.54) is 29.0 Å². The number of carbonyl (C=O) groups is 1. The Kier molecular flexibility index (Phi) is 5.29. The Hall–Kier alpha value is -2.84. The van der Waals surface area contributed by atoms with Crippen molar-refractivity contribution in [3.8, 4) is 0 Å². The Morgan fingerprint density at radius 2 is 1.87 bits per heavy atom. The van der Waals surface area contributed by atoms with Crippen LogP contribution in [0.25, 0.3) is 0 Å². The number of carbonyl (C=O) groups excluding carboxylic acids is 1. The summed E-state index contributed by atoms with van der Waals surface area (Å²) in [6.07, 6.45) is 2.87. The van der Waals surface area contributed by atoms with Gasteiger partial charge in [0, 0.05) is 43.7 Å². The number of nitrogens with zero attached hydrogens (tertiary/aromatic N) is 3. The molecule has 2 heterocycles. The van der Waals surface area contributed by atoms with Crippen LogP contribution < -0.4 is 0 Å². The first-order chi connectivity index (χ1) is 14.3. The number of hydrogen-bond donors (Lipinski definition) is 0. The highest BCUT2D eigenvalue weighted by Crippen LogP contribution is 2.37. The fourth-order valence-electron chi connectivity index (χ4n) is 3.94. The zero-order chi connectivity index (χ0) is 21.5. The number of halogens is 1. The highest BCUT2D eigenvalue weighted by molar-refractivity contribution is 7.89. The van der Waals surface area contributed by atoms with Crippen molar-refractivity contribution in [3.63, 3.8) is 0 Å². The lowest BCUT2D eigenvalue weighted by Crippen LogP contribution is -2.30. The van der Waals surface area contributed by atoms with Gasteiger partial charge in [-0.25, -0.2) is 17.8 Å². The second-order valence-corrected chi connectivity index (χ2v) is 9.58. The van der Waals surface area contributed by atoms with Gasteiger partial charge in [0.2, 0.25) is 0 Å². The zero-order valence-electron chi connectivity index (χ0n) is 16.7. The van der Waals surface area contributed by atoms with Gasteiger partial charge in [0.1, 0.15) is 5.82 Å². The van der Waals surface area contributed by atoms with Gasteiger partial charge < -0.3 is 4.57 Å². The smallest absolute Gasteiger partial charge is 0.262 e. The number of aromatic nitrogens is 2. The number of sulfonamides is 1. The van der Waals surface area contributed by atoms with Gasteiger partial charge in [0.25, 0.3) is 10.0 Å². The third-order valence-corrected chi connectivity index (χ3v) is 7.23. The van der Waals surface area contributed by atoms with Crippen LogP contribution in [0.3, 0.4) is 0 Å². The number of rotatable bonds is 5. The topological polar surface area (TPSA) is 72.3 Å². The molecule has 2 aromatic carbocycles.